The molecule has 1 nitrogen and oxygen atoms in total. The van der Waals surface area contributed by atoms with E-state index < -0.39 is 0 Å². The average molecular weight is 333 g/mol. The van der Waals surface area contributed by atoms with Crippen molar-refractivity contribution in [3.8, 4) is 0 Å². The molecule has 1 heteroatoms. The molecule has 0 spiro atoms. The Balaban J connectivity index is 1.83. The van der Waals surface area contributed by atoms with Crippen LogP contribution in [0.3, 0.4) is 0 Å². The van der Waals surface area contributed by atoms with Crippen LogP contribution in [0, 0.1) is 13.8 Å². The molecule has 138 valence electrons. The SMILES string of the molecule is CCCCCCCCCCCCCCCC[n+]1ccc(C)c(C)c1. The Morgan fingerprint density at radius 1 is 0.625 bits per heavy atom. The predicted molar refractivity (Wildman–Crippen MR) is 106 cm³/mol. The Labute approximate surface area is 151 Å². The van der Waals surface area contributed by atoms with Crippen LogP contribution in [-0.2, 0) is 6.54 Å². The smallest absolute Gasteiger partial charge is 0.171 e. The van der Waals surface area contributed by atoms with E-state index in [0.717, 1.165) is 0 Å². The monoisotopic (exact) mass is 332 g/mol. The first-order valence-electron chi connectivity index (χ1n) is 10.7. The van der Waals surface area contributed by atoms with Gasteiger partial charge in [0.05, 0.1) is 0 Å². The minimum Gasteiger partial charge on any atom is -0.205 e. The van der Waals surface area contributed by atoms with Gasteiger partial charge in [0.15, 0.2) is 12.4 Å². The highest BCUT2D eigenvalue weighted by molar-refractivity contribution is 5.16. The Morgan fingerprint density at radius 3 is 1.54 bits per heavy atom. The van der Waals surface area contributed by atoms with Gasteiger partial charge in [-0.2, -0.15) is 0 Å². The Morgan fingerprint density at radius 2 is 1.08 bits per heavy atom. The molecule has 0 bridgehead atoms. The third-order valence-corrected chi connectivity index (χ3v) is 5.27. The zero-order valence-corrected chi connectivity index (χ0v) is 16.8. The topological polar surface area (TPSA) is 3.88 Å². The molecule has 0 amide bonds. The van der Waals surface area contributed by atoms with Gasteiger partial charge in [0.1, 0.15) is 6.54 Å². The molecular weight excluding hydrogens is 290 g/mol. The first-order chi connectivity index (χ1) is 11.7. The summed E-state index contributed by atoms with van der Waals surface area (Å²) in [4.78, 5) is 0. The van der Waals surface area contributed by atoms with Crippen LogP contribution < -0.4 is 4.57 Å². The number of rotatable bonds is 15. The van der Waals surface area contributed by atoms with Gasteiger partial charge in [-0.3, -0.25) is 0 Å². The fourth-order valence-corrected chi connectivity index (χ4v) is 3.36. The van der Waals surface area contributed by atoms with Gasteiger partial charge in [-0.15, -0.1) is 0 Å². The lowest BCUT2D eigenvalue weighted by Crippen LogP contribution is -2.33. The highest BCUT2D eigenvalue weighted by atomic mass is 14.9. The lowest BCUT2D eigenvalue weighted by atomic mass is 10.0. The van der Waals surface area contributed by atoms with Crippen molar-refractivity contribution in [1.82, 2.24) is 0 Å². The highest BCUT2D eigenvalue weighted by Crippen LogP contribution is 2.13. The summed E-state index contributed by atoms with van der Waals surface area (Å²) in [5.74, 6) is 0. The third kappa shape index (κ3) is 10.8. The zero-order chi connectivity index (χ0) is 17.5. The van der Waals surface area contributed by atoms with E-state index in [9.17, 15) is 0 Å². The van der Waals surface area contributed by atoms with E-state index in [0.29, 0.717) is 0 Å². The molecule has 0 fully saturated rings. The van der Waals surface area contributed by atoms with Gasteiger partial charge in [-0.1, -0.05) is 84.0 Å². The maximum atomic E-state index is 2.35. The van der Waals surface area contributed by atoms with E-state index in [1.165, 1.54) is 108 Å². The predicted octanol–water partition coefficient (Wildman–Crippen LogP) is 7.07. The number of hydrogen-bond donors (Lipinski definition) is 0. The van der Waals surface area contributed by atoms with Crippen LogP contribution in [-0.4, -0.2) is 0 Å². The lowest BCUT2D eigenvalue weighted by Gasteiger charge is -2.03. The van der Waals surface area contributed by atoms with Gasteiger partial charge in [-0.05, 0) is 25.8 Å². The summed E-state index contributed by atoms with van der Waals surface area (Å²) in [6, 6.07) is 2.24. The molecule has 0 aromatic carbocycles. The molecule has 0 unspecified atom stereocenters. The third-order valence-electron chi connectivity index (χ3n) is 5.27. The van der Waals surface area contributed by atoms with Crippen molar-refractivity contribution in [3.05, 3.63) is 29.6 Å². The molecule has 1 heterocycles. The molecule has 1 aromatic heterocycles. The second-order valence-corrected chi connectivity index (χ2v) is 7.64. The second kappa shape index (κ2) is 14.5. The summed E-state index contributed by atoms with van der Waals surface area (Å²) < 4.78 is 2.35. The van der Waals surface area contributed by atoms with Crippen LogP contribution in [0.4, 0.5) is 0 Å². The highest BCUT2D eigenvalue weighted by Gasteiger charge is 2.02. The van der Waals surface area contributed by atoms with Gasteiger partial charge in [0, 0.05) is 18.1 Å². The van der Waals surface area contributed by atoms with E-state index >= 15 is 0 Å². The molecule has 24 heavy (non-hydrogen) atoms. The van der Waals surface area contributed by atoms with Crippen LogP contribution in [0.15, 0.2) is 18.5 Å². The summed E-state index contributed by atoms with van der Waals surface area (Å²) in [6.07, 6.45) is 24.6. The number of aromatic nitrogens is 1. The summed E-state index contributed by atoms with van der Waals surface area (Å²) in [7, 11) is 0. The van der Waals surface area contributed by atoms with E-state index in [1.54, 1.807) is 0 Å². The number of unbranched alkanes of at least 4 members (excludes halogenated alkanes) is 13. The van der Waals surface area contributed by atoms with Crippen LogP contribution in [0.5, 0.6) is 0 Å². The molecule has 0 aliphatic carbocycles. The Bertz CT molecular complexity index is 410. The van der Waals surface area contributed by atoms with E-state index in [4.69, 9.17) is 0 Å². The number of pyridine rings is 1. The fraction of sp³-hybridized carbons (Fsp3) is 0.783. The first kappa shape index (κ1) is 21.2. The largest absolute Gasteiger partial charge is 0.205 e. The van der Waals surface area contributed by atoms with Gasteiger partial charge < -0.3 is 0 Å². The molecule has 1 rings (SSSR count). The first-order valence-corrected chi connectivity index (χ1v) is 10.7. The van der Waals surface area contributed by atoms with Gasteiger partial charge in [-0.25, -0.2) is 4.57 Å². The average Bonchev–Trinajstić information content (AvgIpc) is 2.58. The van der Waals surface area contributed by atoms with Gasteiger partial charge >= 0.3 is 0 Å². The molecule has 0 radical (unpaired) electrons. The molecule has 0 saturated heterocycles. The van der Waals surface area contributed by atoms with Crippen LogP contribution >= 0.6 is 0 Å². The molecule has 0 aliphatic rings. The van der Waals surface area contributed by atoms with Crippen molar-refractivity contribution in [2.45, 2.75) is 117 Å². The Hall–Kier alpha value is -0.850. The van der Waals surface area contributed by atoms with Crippen molar-refractivity contribution < 1.29 is 4.57 Å². The maximum absolute atomic E-state index is 2.35. The number of nitrogens with zero attached hydrogens (tertiary/aromatic N) is 1. The van der Waals surface area contributed by atoms with Crippen molar-refractivity contribution >= 4 is 0 Å². The minimum atomic E-state index is 1.18. The lowest BCUT2D eigenvalue weighted by molar-refractivity contribution is -0.697. The van der Waals surface area contributed by atoms with E-state index in [1.807, 2.05) is 0 Å². The molecular formula is C23H42N+. The van der Waals surface area contributed by atoms with Crippen molar-refractivity contribution in [2.75, 3.05) is 0 Å². The molecule has 0 aliphatic heterocycles. The fourth-order valence-electron chi connectivity index (χ4n) is 3.36. The van der Waals surface area contributed by atoms with Crippen LogP contribution in [0.2, 0.25) is 0 Å². The zero-order valence-electron chi connectivity index (χ0n) is 16.8. The van der Waals surface area contributed by atoms with Gasteiger partial charge in [0.2, 0.25) is 0 Å². The quantitative estimate of drug-likeness (QED) is 0.239. The normalized spacial score (nSPS) is 11.1. The standard InChI is InChI=1S/C23H42N/c1-4-5-6-7-8-9-10-11-12-13-14-15-16-17-19-24-20-18-22(2)23(3)21-24/h18,20-21H,4-17,19H2,1-3H3/q+1. The van der Waals surface area contributed by atoms with E-state index in [-0.39, 0.29) is 0 Å². The second-order valence-electron chi connectivity index (χ2n) is 7.64. The molecule has 1 aromatic rings. The van der Waals surface area contributed by atoms with Crippen LogP contribution in [0.1, 0.15) is 108 Å². The van der Waals surface area contributed by atoms with Crippen molar-refractivity contribution in [2.24, 2.45) is 0 Å². The van der Waals surface area contributed by atoms with Crippen molar-refractivity contribution in [3.63, 3.8) is 0 Å². The summed E-state index contributed by atoms with van der Waals surface area (Å²) >= 11 is 0. The Kier molecular flexibility index (Phi) is 12.8. The number of aryl methyl sites for hydroxylation is 3. The summed E-state index contributed by atoms with van der Waals surface area (Å²) in [5, 5.41) is 0. The molecule has 0 saturated carbocycles. The molecule has 0 atom stereocenters. The summed E-state index contributed by atoms with van der Waals surface area (Å²) in [6.45, 7) is 7.87. The summed E-state index contributed by atoms with van der Waals surface area (Å²) in [5.41, 5.74) is 2.80. The van der Waals surface area contributed by atoms with Crippen LogP contribution in [0.25, 0.3) is 0 Å². The van der Waals surface area contributed by atoms with Crippen molar-refractivity contribution in [1.29, 1.82) is 0 Å². The molecule has 0 N–H and O–H groups in total. The minimum absolute atomic E-state index is 1.18. The van der Waals surface area contributed by atoms with Gasteiger partial charge in [0.25, 0.3) is 0 Å². The maximum Gasteiger partial charge on any atom is 0.171 e. The number of hydrogen-bond acceptors (Lipinski definition) is 0. The van der Waals surface area contributed by atoms with E-state index in [2.05, 4.69) is 43.8 Å².